The topological polar surface area (TPSA) is 52.3 Å². The van der Waals surface area contributed by atoms with Gasteiger partial charge in [0.25, 0.3) is 0 Å². The van der Waals surface area contributed by atoms with E-state index in [1.54, 1.807) is 17.8 Å². The van der Waals surface area contributed by atoms with Crippen LogP contribution in [0.1, 0.15) is 15.9 Å². The highest BCUT2D eigenvalue weighted by atomic mass is 32.2. The molecule has 0 radical (unpaired) electrons. The lowest BCUT2D eigenvalue weighted by Gasteiger charge is -2.07. The first kappa shape index (κ1) is 13.5. The average Bonchev–Trinajstić information content (AvgIpc) is 2.42. The molecular weight excluding hydrogens is 258 g/mol. The highest BCUT2D eigenvalue weighted by Gasteiger charge is 2.08. The number of nitrogen functional groups attached to an aromatic ring is 1. The largest absolute Gasteiger partial charge is 0.465 e. The summed E-state index contributed by atoms with van der Waals surface area (Å²) in [5.74, 6) is -0.313. The molecule has 2 rings (SSSR count). The maximum Gasteiger partial charge on any atom is 0.337 e. The van der Waals surface area contributed by atoms with E-state index in [9.17, 15) is 4.79 Å². The SMILES string of the molecule is COC(=O)c1ccc(Sc2ccc(N)cc2)c(C)c1. The summed E-state index contributed by atoms with van der Waals surface area (Å²) in [6.07, 6.45) is 0. The summed E-state index contributed by atoms with van der Waals surface area (Å²) in [6.45, 7) is 1.98. The Morgan fingerprint density at radius 3 is 2.42 bits per heavy atom. The van der Waals surface area contributed by atoms with Gasteiger partial charge in [-0.1, -0.05) is 11.8 Å². The smallest absolute Gasteiger partial charge is 0.337 e. The van der Waals surface area contributed by atoms with E-state index >= 15 is 0 Å². The summed E-state index contributed by atoms with van der Waals surface area (Å²) in [7, 11) is 1.38. The van der Waals surface area contributed by atoms with Gasteiger partial charge in [0.15, 0.2) is 0 Å². The van der Waals surface area contributed by atoms with Crippen LogP contribution in [0.2, 0.25) is 0 Å². The molecule has 0 amide bonds. The molecule has 0 aliphatic carbocycles. The van der Waals surface area contributed by atoms with Gasteiger partial charge >= 0.3 is 5.97 Å². The van der Waals surface area contributed by atoms with Crippen molar-refractivity contribution >= 4 is 23.4 Å². The minimum absolute atomic E-state index is 0.313. The molecule has 0 spiro atoms. The maximum absolute atomic E-state index is 11.4. The van der Waals surface area contributed by atoms with Gasteiger partial charge < -0.3 is 10.5 Å². The number of aryl methyl sites for hydroxylation is 1. The molecule has 0 saturated heterocycles. The van der Waals surface area contributed by atoms with Crippen LogP contribution >= 0.6 is 11.8 Å². The number of rotatable bonds is 3. The lowest BCUT2D eigenvalue weighted by Crippen LogP contribution is -2.01. The fraction of sp³-hybridized carbons (Fsp3) is 0.133. The zero-order chi connectivity index (χ0) is 13.8. The Balaban J connectivity index is 2.22. The molecule has 0 aromatic heterocycles. The van der Waals surface area contributed by atoms with Crippen molar-refractivity contribution in [1.82, 2.24) is 0 Å². The van der Waals surface area contributed by atoms with Gasteiger partial charge in [-0.2, -0.15) is 0 Å². The zero-order valence-electron chi connectivity index (χ0n) is 10.8. The number of carbonyl (C=O) groups excluding carboxylic acids is 1. The summed E-state index contributed by atoms with van der Waals surface area (Å²) in [6, 6.07) is 13.3. The van der Waals surface area contributed by atoms with E-state index in [1.807, 2.05) is 43.3 Å². The predicted octanol–water partition coefficient (Wildman–Crippen LogP) is 3.52. The number of ether oxygens (including phenoxy) is 1. The van der Waals surface area contributed by atoms with Gasteiger partial charge in [0, 0.05) is 15.5 Å². The first-order valence-corrected chi connectivity index (χ1v) is 6.64. The number of hydrogen-bond acceptors (Lipinski definition) is 4. The third-order valence-electron chi connectivity index (χ3n) is 2.70. The molecule has 0 heterocycles. The number of methoxy groups -OCH3 is 1. The summed E-state index contributed by atoms with van der Waals surface area (Å²) in [5.41, 5.74) is 8.03. The monoisotopic (exact) mass is 273 g/mol. The molecule has 0 fully saturated rings. The van der Waals surface area contributed by atoms with E-state index in [-0.39, 0.29) is 5.97 Å². The summed E-state index contributed by atoms with van der Waals surface area (Å²) < 4.78 is 4.70. The third kappa shape index (κ3) is 3.29. The molecular formula is C15H15NO2S. The highest BCUT2D eigenvalue weighted by Crippen LogP contribution is 2.31. The molecule has 0 atom stereocenters. The van der Waals surface area contributed by atoms with Crippen LogP contribution in [0.15, 0.2) is 52.3 Å². The molecule has 3 nitrogen and oxygen atoms in total. The van der Waals surface area contributed by atoms with Crippen LogP contribution in [0, 0.1) is 6.92 Å². The molecule has 0 aliphatic heterocycles. The number of esters is 1. The van der Waals surface area contributed by atoms with Crippen LogP contribution in [0.4, 0.5) is 5.69 Å². The Hall–Kier alpha value is -1.94. The van der Waals surface area contributed by atoms with Gasteiger partial charge in [0.1, 0.15) is 0 Å². The molecule has 4 heteroatoms. The van der Waals surface area contributed by atoms with Crippen molar-refractivity contribution in [3.8, 4) is 0 Å². The van der Waals surface area contributed by atoms with Gasteiger partial charge in [-0.3, -0.25) is 0 Å². The molecule has 0 aliphatic rings. The standard InChI is InChI=1S/C15H15NO2S/c1-10-9-11(15(17)18-2)3-8-14(10)19-13-6-4-12(16)5-7-13/h3-9H,16H2,1-2H3. The molecule has 2 aromatic carbocycles. The Morgan fingerprint density at radius 1 is 1.16 bits per heavy atom. The van der Waals surface area contributed by atoms with Crippen LogP contribution in [-0.2, 0) is 4.74 Å². The normalized spacial score (nSPS) is 10.2. The fourth-order valence-electron chi connectivity index (χ4n) is 1.67. The van der Waals surface area contributed by atoms with E-state index in [1.165, 1.54) is 7.11 Å². The lowest BCUT2D eigenvalue weighted by molar-refractivity contribution is 0.0600. The van der Waals surface area contributed by atoms with Crippen molar-refractivity contribution in [2.45, 2.75) is 16.7 Å². The van der Waals surface area contributed by atoms with E-state index < -0.39 is 0 Å². The van der Waals surface area contributed by atoms with Gasteiger partial charge in [0.2, 0.25) is 0 Å². The number of anilines is 1. The van der Waals surface area contributed by atoms with Crippen LogP contribution in [0.25, 0.3) is 0 Å². The lowest BCUT2D eigenvalue weighted by atomic mass is 10.1. The van der Waals surface area contributed by atoms with Gasteiger partial charge in [-0.25, -0.2) is 4.79 Å². The predicted molar refractivity (Wildman–Crippen MR) is 77.5 cm³/mol. The van der Waals surface area contributed by atoms with E-state index in [0.29, 0.717) is 5.56 Å². The number of hydrogen-bond donors (Lipinski definition) is 1. The molecule has 19 heavy (non-hydrogen) atoms. The van der Waals surface area contributed by atoms with Gasteiger partial charge in [-0.05, 0) is 55.0 Å². The Kier molecular flexibility index (Phi) is 4.12. The first-order chi connectivity index (χ1) is 9.10. The van der Waals surface area contributed by atoms with Crippen molar-refractivity contribution in [2.75, 3.05) is 12.8 Å². The fourth-order valence-corrected chi connectivity index (χ4v) is 2.55. The van der Waals surface area contributed by atoms with Crippen molar-refractivity contribution < 1.29 is 9.53 Å². The second-order valence-corrected chi connectivity index (χ2v) is 5.26. The quantitative estimate of drug-likeness (QED) is 0.686. The van der Waals surface area contributed by atoms with Crippen LogP contribution < -0.4 is 5.73 Å². The maximum atomic E-state index is 11.4. The zero-order valence-corrected chi connectivity index (χ0v) is 11.7. The number of carbonyl (C=O) groups is 1. The van der Waals surface area contributed by atoms with Crippen molar-refractivity contribution in [2.24, 2.45) is 0 Å². The van der Waals surface area contributed by atoms with Crippen molar-refractivity contribution in [1.29, 1.82) is 0 Å². The Morgan fingerprint density at radius 2 is 1.84 bits per heavy atom. The second-order valence-electron chi connectivity index (χ2n) is 4.14. The van der Waals surface area contributed by atoms with Gasteiger partial charge in [-0.15, -0.1) is 0 Å². The van der Waals surface area contributed by atoms with Crippen LogP contribution in [0.3, 0.4) is 0 Å². The molecule has 0 bridgehead atoms. The van der Waals surface area contributed by atoms with Crippen LogP contribution in [-0.4, -0.2) is 13.1 Å². The van der Waals surface area contributed by atoms with Crippen molar-refractivity contribution in [3.63, 3.8) is 0 Å². The summed E-state index contributed by atoms with van der Waals surface area (Å²) in [4.78, 5) is 13.7. The summed E-state index contributed by atoms with van der Waals surface area (Å²) >= 11 is 1.64. The van der Waals surface area contributed by atoms with E-state index in [0.717, 1.165) is 21.0 Å². The molecule has 2 aromatic rings. The molecule has 98 valence electrons. The number of benzene rings is 2. The highest BCUT2D eigenvalue weighted by molar-refractivity contribution is 7.99. The Bertz CT molecular complexity index is 594. The molecule has 2 N–H and O–H groups in total. The molecule has 0 saturated carbocycles. The van der Waals surface area contributed by atoms with E-state index in [2.05, 4.69) is 0 Å². The first-order valence-electron chi connectivity index (χ1n) is 5.82. The van der Waals surface area contributed by atoms with Crippen LogP contribution in [0.5, 0.6) is 0 Å². The Labute approximate surface area is 116 Å². The summed E-state index contributed by atoms with van der Waals surface area (Å²) in [5, 5.41) is 0. The van der Waals surface area contributed by atoms with Crippen molar-refractivity contribution in [3.05, 3.63) is 53.6 Å². The minimum atomic E-state index is -0.313. The number of nitrogens with two attached hydrogens (primary N) is 1. The van der Waals surface area contributed by atoms with Gasteiger partial charge in [0.05, 0.1) is 12.7 Å². The molecule has 0 unspecified atom stereocenters. The third-order valence-corrected chi connectivity index (χ3v) is 3.89. The second kappa shape index (κ2) is 5.80. The minimum Gasteiger partial charge on any atom is -0.465 e. The average molecular weight is 273 g/mol. The van der Waals surface area contributed by atoms with E-state index in [4.69, 9.17) is 10.5 Å².